The molecular formula is C17H20ClN3O2S. The quantitative estimate of drug-likeness (QED) is 0.879. The second-order valence-electron chi connectivity index (χ2n) is 5.62. The Morgan fingerprint density at radius 3 is 2.79 bits per heavy atom. The van der Waals surface area contributed by atoms with E-state index in [9.17, 15) is 9.59 Å². The van der Waals surface area contributed by atoms with Crippen LogP contribution in [0.1, 0.15) is 27.6 Å². The van der Waals surface area contributed by atoms with Gasteiger partial charge >= 0.3 is 0 Å². The minimum absolute atomic E-state index is 0. The third kappa shape index (κ3) is 4.14. The second kappa shape index (κ2) is 8.28. The van der Waals surface area contributed by atoms with E-state index < -0.39 is 0 Å². The van der Waals surface area contributed by atoms with Crippen LogP contribution in [-0.4, -0.2) is 42.4 Å². The Bertz CT molecular complexity index is 706. The van der Waals surface area contributed by atoms with Crippen molar-refractivity contribution < 1.29 is 9.59 Å². The van der Waals surface area contributed by atoms with E-state index in [4.69, 9.17) is 0 Å². The molecule has 128 valence electrons. The van der Waals surface area contributed by atoms with Gasteiger partial charge in [0.25, 0.3) is 11.8 Å². The van der Waals surface area contributed by atoms with E-state index in [-0.39, 0.29) is 30.3 Å². The van der Waals surface area contributed by atoms with Crippen molar-refractivity contribution >= 4 is 41.2 Å². The van der Waals surface area contributed by atoms with Crippen molar-refractivity contribution in [3.05, 3.63) is 52.2 Å². The van der Waals surface area contributed by atoms with Crippen molar-refractivity contribution in [1.82, 2.24) is 10.2 Å². The second-order valence-corrected chi connectivity index (χ2v) is 6.40. The number of hydrogen-bond donors (Lipinski definition) is 2. The van der Waals surface area contributed by atoms with Gasteiger partial charge in [0.15, 0.2) is 0 Å². The van der Waals surface area contributed by atoms with Gasteiger partial charge < -0.3 is 15.5 Å². The van der Waals surface area contributed by atoms with Crippen LogP contribution in [0.2, 0.25) is 0 Å². The zero-order valence-electron chi connectivity index (χ0n) is 13.3. The molecule has 0 radical (unpaired) electrons. The van der Waals surface area contributed by atoms with Gasteiger partial charge in [-0.3, -0.25) is 9.59 Å². The summed E-state index contributed by atoms with van der Waals surface area (Å²) in [6.45, 7) is 4.20. The average molecular weight is 366 g/mol. The highest BCUT2D eigenvalue weighted by Crippen LogP contribution is 2.19. The summed E-state index contributed by atoms with van der Waals surface area (Å²) in [4.78, 5) is 26.9. The standard InChI is InChI=1S/C17H19N3O2S.ClH/c1-12-10-20(8-7-18-12)17(22)14-4-2-3-5-15(14)19-16(21)13-6-9-23-11-13;/h2-6,9,11-12,18H,7-8,10H2,1H3,(H,19,21);1H. The van der Waals surface area contributed by atoms with Crippen molar-refractivity contribution in [2.75, 3.05) is 25.0 Å². The highest BCUT2D eigenvalue weighted by Gasteiger charge is 2.23. The van der Waals surface area contributed by atoms with Gasteiger partial charge in [-0.1, -0.05) is 12.1 Å². The Hall–Kier alpha value is -1.89. The normalized spacial score (nSPS) is 17.0. The van der Waals surface area contributed by atoms with E-state index in [0.29, 0.717) is 29.9 Å². The Kier molecular flexibility index (Phi) is 6.36. The molecule has 1 saturated heterocycles. The van der Waals surface area contributed by atoms with Gasteiger partial charge in [-0.15, -0.1) is 12.4 Å². The number of hydrogen-bond acceptors (Lipinski definition) is 4. The molecule has 1 unspecified atom stereocenters. The van der Waals surface area contributed by atoms with Gasteiger partial charge in [-0.05, 0) is 30.5 Å². The predicted molar refractivity (Wildman–Crippen MR) is 99.3 cm³/mol. The fourth-order valence-corrected chi connectivity index (χ4v) is 3.29. The van der Waals surface area contributed by atoms with E-state index in [0.717, 1.165) is 6.54 Å². The molecule has 2 N–H and O–H groups in total. The lowest BCUT2D eigenvalue weighted by Gasteiger charge is -2.32. The first kappa shape index (κ1) is 18.4. The highest BCUT2D eigenvalue weighted by molar-refractivity contribution is 7.08. The van der Waals surface area contributed by atoms with Gasteiger partial charge in [0.05, 0.1) is 16.8 Å². The predicted octanol–water partition coefficient (Wildman–Crippen LogP) is 2.86. The minimum Gasteiger partial charge on any atom is -0.336 e. The number of benzene rings is 1. The van der Waals surface area contributed by atoms with E-state index in [1.165, 1.54) is 11.3 Å². The highest BCUT2D eigenvalue weighted by atomic mass is 35.5. The number of para-hydroxylation sites is 1. The molecule has 2 amide bonds. The molecule has 3 rings (SSSR count). The zero-order valence-corrected chi connectivity index (χ0v) is 15.0. The molecule has 1 aromatic heterocycles. The number of nitrogens with zero attached hydrogens (tertiary/aromatic N) is 1. The summed E-state index contributed by atoms with van der Waals surface area (Å²) < 4.78 is 0. The maximum Gasteiger partial charge on any atom is 0.256 e. The lowest BCUT2D eigenvalue weighted by Crippen LogP contribution is -2.51. The van der Waals surface area contributed by atoms with E-state index in [1.54, 1.807) is 23.6 Å². The van der Waals surface area contributed by atoms with Gasteiger partial charge in [-0.25, -0.2) is 0 Å². The van der Waals surface area contributed by atoms with Crippen LogP contribution in [0.3, 0.4) is 0 Å². The number of piperazine rings is 1. The van der Waals surface area contributed by atoms with Crippen LogP contribution in [0.5, 0.6) is 0 Å². The molecule has 0 saturated carbocycles. The van der Waals surface area contributed by atoms with Crippen LogP contribution >= 0.6 is 23.7 Å². The summed E-state index contributed by atoms with van der Waals surface area (Å²) in [6, 6.07) is 9.21. The molecule has 2 heterocycles. The summed E-state index contributed by atoms with van der Waals surface area (Å²) in [5.41, 5.74) is 1.69. The lowest BCUT2D eigenvalue weighted by molar-refractivity contribution is 0.0710. The molecule has 7 heteroatoms. The lowest BCUT2D eigenvalue weighted by atomic mass is 10.1. The van der Waals surface area contributed by atoms with Gasteiger partial charge in [0, 0.05) is 31.1 Å². The first-order chi connectivity index (χ1) is 11.1. The molecule has 1 aliphatic rings. The Labute approximate surface area is 151 Å². The van der Waals surface area contributed by atoms with Crippen molar-refractivity contribution in [1.29, 1.82) is 0 Å². The molecule has 1 aromatic carbocycles. The molecule has 2 aromatic rings. The van der Waals surface area contributed by atoms with Crippen molar-refractivity contribution in [3.8, 4) is 0 Å². The van der Waals surface area contributed by atoms with Crippen LogP contribution < -0.4 is 10.6 Å². The van der Waals surface area contributed by atoms with E-state index in [2.05, 4.69) is 17.6 Å². The van der Waals surface area contributed by atoms with Crippen LogP contribution in [0.4, 0.5) is 5.69 Å². The molecule has 0 bridgehead atoms. The van der Waals surface area contributed by atoms with Crippen LogP contribution in [0, 0.1) is 0 Å². The fraction of sp³-hybridized carbons (Fsp3) is 0.294. The molecule has 0 spiro atoms. The van der Waals surface area contributed by atoms with E-state index >= 15 is 0 Å². The molecule has 1 atom stereocenters. The maximum absolute atomic E-state index is 12.8. The summed E-state index contributed by atoms with van der Waals surface area (Å²) in [7, 11) is 0. The Balaban J connectivity index is 0.00000208. The van der Waals surface area contributed by atoms with Crippen molar-refractivity contribution in [3.63, 3.8) is 0 Å². The molecule has 24 heavy (non-hydrogen) atoms. The minimum atomic E-state index is -0.194. The Morgan fingerprint density at radius 2 is 2.08 bits per heavy atom. The molecule has 1 fully saturated rings. The summed E-state index contributed by atoms with van der Waals surface area (Å²) in [5, 5.41) is 9.81. The topological polar surface area (TPSA) is 61.4 Å². The number of carbonyl (C=O) groups is 2. The van der Waals surface area contributed by atoms with Crippen LogP contribution in [0.15, 0.2) is 41.1 Å². The molecule has 5 nitrogen and oxygen atoms in total. The van der Waals surface area contributed by atoms with Gasteiger partial charge in [0.2, 0.25) is 0 Å². The zero-order chi connectivity index (χ0) is 16.2. The number of thiophene rings is 1. The van der Waals surface area contributed by atoms with Crippen LogP contribution in [-0.2, 0) is 0 Å². The molecular weight excluding hydrogens is 346 g/mol. The smallest absolute Gasteiger partial charge is 0.256 e. The average Bonchev–Trinajstić information content (AvgIpc) is 3.09. The monoisotopic (exact) mass is 365 g/mol. The summed E-state index contributed by atoms with van der Waals surface area (Å²) in [5.74, 6) is -0.236. The summed E-state index contributed by atoms with van der Waals surface area (Å²) in [6.07, 6.45) is 0. The Morgan fingerprint density at radius 1 is 1.29 bits per heavy atom. The van der Waals surface area contributed by atoms with Crippen molar-refractivity contribution in [2.45, 2.75) is 13.0 Å². The number of amides is 2. The van der Waals surface area contributed by atoms with Crippen LogP contribution in [0.25, 0.3) is 0 Å². The molecule has 1 aliphatic heterocycles. The third-order valence-corrected chi connectivity index (χ3v) is 4.53. The first-order valence-electron chi connectivity index (χ1n) is 7.60. The number of rotatable bonds is 3. The number of nitrogens with one attached hydrogen (secondary N) is 2. The number of halogens is 1. The van der Waals surface area contributed by atoms with Gasteiger partial charge in [0.1, 0.15) is 0 Å². The summed E-state index contributed by atoms with van der Waals surface area (Å²) >= 11 is 1.47. The largest absolute Gasteiger partial charge is 0.336 e. The molecule has 0 aliphatic carbocycles. The van der Waals surface area contributed by atoms with Crippen molar-refractivity contribution in [2.24, 2.45) is 0 Å². The number of anilines is 1. The van der Waals surface area contributed by atoms with Gasteiger partial charge in [-0.2, -0.15) is 11.3 Å². The SMILES string of the molecule is CC1CN(C(=O)c2ccccc2NC(=O)c2ccsc2)CCN1.Cl. The maximum atomic E-state index is 12.8. The number of carbonyl (C=O) groups excluding carboxylic acids is 2. The first-order valence-corrected chi connectivity index (χ1v) is 8.54. The fourth-order valence-electron chi connectivity index (χ4n) is 2.65. The van der Waals surface area contributed by atoms with E-state index in [1.807, 2.05) is 22.4 Å². The third-order valence-electron chi connectivity index (χ3n) is 3.85.